The summed E-state index contributed by atoms with van der Waals surface area (Å²) >= 11 is 0. The fraction of sp³-hybridized carbons (Fsp3) is 0.538. The molecule has 6 nitrogen and oxygen atoms in total. The molecule has 0 aliphatic rings. The molecule has 1 aromatic rings. The Bertz CT molecular complexity index is 410. The number of rotatable bonds is 9. The molecule has 19 heavy (non-hydrogen) atoms. The van der Waals surface area contributed by atoms with Crippen LogP contribution in [0.15, 0.2) is 18.2 Å². The molecule has 0 aliphatic carbocycles. The number of nitro benzene ring substituents is 1. The minimum atomic E-state index is -0.478. The first-order valence-corrected chi connectivity index (χ1v) is 6.35. The van der Waals surface area contributed by atoms with E-state index >= 15 is 0 Å². The third kappa shape index (κ3) is 5.13. The predicted octanol–water partition coefficient (Wildman–Crippen LogP) is 2.37. The van der Waals surface area contributed by atoms with Crippen molar-refractivity contribution in [3.8, 4) is 11.5 Å². The second-order valence-corrected chi connectivity index (χ2v) is 4.04. The van der Waals surface area contributed by atoms with Crippen molar-refractivity contribution in [2.24, 2.45) is 0 Å². The maximum atomic E-state index is 10.8. The monoisotopic (exact) mass is 268 g/mol. The minimum absolute atomic E-state index is 0.0795. The molecule has 6 heteroatoms. The predicted molar refractivity (Wildman–Crippen MR) is 72.9 cm³/mol. The van der Waals surface area contributed by atoms with E-state index in [1.807, 2.05) is 0 Å². The van der Waals surface area contributed by atoms with E-state index in [4.69, 9.17) is 9.47 Å². The molecule has 0 unspecified atom stereocenters. The highest BCUT2D eigenvalue weighted by Gasteiger charge is 2.15. The van der Waals surface area contributed by atoms with E-state index in [9.17, 15) is 10.1 Å². The summed E-state index contributed by atoms with van der Waals surface area (Å²) in [6.07, 6.45) is 1.96. The lowest BCUT2D eigenvalue weighted by Crippen LogP contribution is -2.18. The summed E-state index contributed by atoms with van der Waals surface area (Å²) in [5, 5.41) is 14.1. The summed E-state index contributed by atoms with van der Waals surface area (Å²) in [6, 6.07) is 4.60. The largest absolute Gasteiger partial charge is 0.493 e. The van der Waals surface area contributed by atoms with Crippen LogP contribution in [0, 0.1) is 10.1 Å². The van der Waals surface area contributed by atoms with Gasteiger partial charge in [0.25, 0.3) is 0 Å². The van der Waals surface area contributed by atoms with Crippen molar-refractivity contribution in [2.45, 2.75) is 19.8 Å². The summed E-state index contributed by atoms with van der Waals surface area (Å²) in [5.74, 6) is 0.727. The molecular formula is C13H20N2O4. The van der Waals surface area contributed by atoms with Crippen LogP contribution in [0.5, 0.6) is 11.5 Å². The SMILES string of the molecule is CCCNCCCOc1ccc(OC)c([N+](=O)[O-])c1. The van der Waals surface area contributed by atoms with E-state index in [1.165, 1.54) is 13.2 Å². The molecule has 106 valence electrons. The van der Waals surface area contributed by atoms with Crippen molar-refractivity contribution in [3.05, 3.63) is 28.3 Å². The first kappa shape index (κ1) is 15.2. The molecule has 1 rings (SSSR count). The Kier molecular flexibility index (Phi) is 6.67. The fourth-order valence-electron chi connectivity index (χ4n) is 1.59. The average molecular weight is 268 g/mol. The van der Waals surface area contributed by atoms with Gasteiger partial charge >= 0.3 is 5.69 Å². The van der Waals surface area contributed by atoms with Crippen molar-refractivity contribution in [1.29, 1.82) is 0 Å². The summed E-state index contributed by atoms with van der Waals surface area (Å²) in [7, 11) is 1.41. The Balaban J connectivity index is 2.46. The van der Waals surface area contributed by atoms with Crippen LogP contribution in [0.25, 0.3) is 0 Å². The third-order valence-corrected chi connectivity index (χ3v) is 2.54. The van der Waals surface area contributed by atoms with Crippen LogP contribution in [-0.2, 0) is 0 Å². The van der Waals surface area contributed by atoms with Gasteiger partial charge in [0.15, 0.2) is 5.75 Å². The van der Waals surface area contributed by atoms with E-state index in [1.54, 1.807) is 12.1 Å². The second-order valence-electron chi connectivity index (χ2n) is 4.04. The van der Waals surface area contributed by atoms with Crippen LogP contribution < -0.4 is 14.8 Å². The van der Waals surface area contributed by atoms with Crippen LogP contribution in [0.1, 0.15) is 19.8 Å². The van der Waals surface area contributed by atoms with Crippen molar-refractivity contribution in [2.75, 3.05) is 26.8 Å². The highest BCUT2D eigenvalue weighted by molar-refractivity contribution is 5.50. The van der Waals surface area contributed by atoms with E-state index in [-0.39, 0.29) is 11.4 Å². The molecular weight excluding hydrogens is 248 g/mol. The normalized spacial score (nSPS) is 10.2. The van der Waals surface area contributed by atoms with Gasteiger partial charge in [-0.25, -0.2) is 0 Å². The van der Waals surface area contributed by atoms with E-state index in [0.717, 1.165) is 25.9 Å². The zero-order valence-electron chi connectivity index (χ0n) is 11.3. The van der Waals surface area contributed by atoms with Crippen LogP contribution >= 0.6 is 0 Å². The molecule has 0 amide bonds. The van der Waals surface area contributed by atoms with Crippen molar-refractivity contribution in [3.63, 3.8) is 0 Å². The van der Waals surface area contributed by atoms with Gasteiger partial charge in [-0.05, 0) is 38.1 Å². The number of benzene rings is 1. The van der Waals surface area contributed by atoms with Gasteiger partial charge in [0.1, 0.15) is 5.75 Å². The zero-order chi connectivity index (χ0) is 14.1. The first-order valence-electron chi connectivity index (χ1n) is 6.35. The maximum Gasteiger partial charge on any atom is 0.314 e. The molecule has 0 spiro atoms. The molecule has 0 heterocycles. The highest BCUT2D eigenvalue weighted by Crippen LogP contribution is 2.30. The number of hydrogen-bond acceptors (Lipinski definition) is 5. The zero-order valence-corrected chi connectivity index (χ0v) is 11.3. The van der Waals surface area contributed by atoms with Crippen LogP contribution in [0.3, 0.4) is 0 Å². The topological polar surface area (TPSA) is 73.6 Å². The molecule has 1 aromatic carbocycles. The van der Waals surface area contributed by atoms with Gasteiger partial charge in [-0.1, -0.05) is 6.92 Å². The van der Waals surface area contributed by atoms with Crippen LogP contribution in [0.4, 0.5) is 5.69 Å². The van der Waals surface area contributed by atoms with Crippen LogP contribution in [-0.4, -0.2) is 31.7 Å². The lowest BCUT2D eigenvalue weighted by Gasteiger charge is -2.08. The summed E-state index contributed by atoms with van der Waals surface area (Å²) in [4.78, 5) is 10.4. The molecule has 0 atom stereocenters. The number of ether oxygens (including phenoxy) is 2. The molecule has 0 radical (unpaired) electrons. The Morgan fingerprint density at radius 1 is 1.37 bits per heavy atom. The van der Waals surface area contributed by atoms with Gasteiger partial charge in [0, 0.05) is 0 Å². The molecule has 0 bridgehead atoms. The van der Waals surface area contributed by atoms with E-state index < -0.39 is 4.92 Å². The van der Waals surface area contributed by atoms with Crippen molar-refractivity contribution >= 4 is 5.69 Å². The standard InChI is InChI=1S/C13H20N2O4/c1-3-7-14-8-4-9-19-11-5-6-13(18-2)12(10-11)15(16)17/h5-6,10,14H,3-4,7-9H2,1-2H3. The summed E-state index contributed by atoms with van der Waals surface area (Å²) in [5.41, 5.74) is -0.0795. The quantitative estimate of drug-likeness (QED) is 0.423. The lowest BCUT2D eigenvalue weighted by molar-refractivity contribution is -0.385. The number of methoxy groups -OCH3 is 1. The number of hydrogen-bond donors (Lipinski definition) is 1. The molecule has 0 aliphatic heterocycles. The summed E-state index contributed by atoms with van der Waals surface area (Å²) < 4.78 is 10.4. The number of nitrogens with zero attached hydrogens (tertiary/aromatic N) is 1. The first-order chi connectivity index (χ1) is 9.19. The van der Waals surface area contributed by atoms with E-state index in [2.05, 4.69) is 12.2 Å². The Hall–Kier alpha value is -1.82. The average Bonchev–Trinajstić information content (AvgIpc) is 2.42. The number of nitrogens with one attached hydrogen (secondary N) is 1. The van der Waals surface area contributed by atoms with Crippen molar-refractivity contribution in [1.82, 2.24) is 5.32 Å². The van der Waals surface area contributed by atoms with Gasteiger partial charge < -0.3 is 14.8 Å². The van der Waals surface area contributed by atoms with Crippen molar-refractivity contribution < 1.29 is 14.4 Å². The third-order valence-electron chi connectivity index (χ3n) is 2.54. The molecule has 1 N–H and O–H groups in total. The highest BCUT2D eigenvalue weighted by atomic mass is 16.6. The molecule has 0 fully saturated rings. The van der Waals surface area contributed by atoms with Gasteiger partial charge in [-0.2, -0.15) is 0 Å². The fourth-order valence-corrected chi connectivity index (χ4v) is 1.59. The van der Waals surface area contributed by atoms with Gasteiger partial charge in [0.2, 0.25) is 0 Å². The van der Waals surface area contributed by atoms with Gasteiger partial charge in [-0.15, -0.1) is 0 Å². The van der Waals surface area contributed by atoms with Gasteiger partial charge in [-0.3, -0.25) is 10.1 Å². The Morgan fingerprint density at radius 2 is 2.16 bits per heavy atom. The second kappa shape index (κ2) is 8.31. The summed E-state index contributed by atoms with van der Waals surface area (Å²) in [6.45, 7) is 4.51. The minimum Gasteiger partial charge on any atom is -0.493 e. The van der Waals surface area contributed by atoms with Crippen LogP contribution in [0.2, 0.25) is 0 Å². The lowest BCUT2D eigenvalue weighted by atomic mass is 10.3. The molecule has 0 saturated carbocycles. The smallest absolute Gasteiger partial charge is 0.314 e. The Labute approximate surface area is 112 Å². The Morgan fingerprint density at radius 3 is 2.79 bits per heavy atom. The van der Waals surface area contributed by atoms with E-state index in [0.29, 0.717) is 12.4 Å². The molecule has 0 saturated heterocycles. The maximum absolute atomic E-state index is 10.8. The number of nitro groups is 1. The van der Waals surface area contributed by atoms with Gasteiger partial charge in [0.05, 0.1) is 24.7 Å². The molecule has 0 aromatic heterocycles.